The van der Waals surface area contributed by atoms with Crippen LogP contribution in [0.15, 0.2) is 18.2 Å². The number of carbonyl (C=O) groups is 1. The maximum absolute atomic E-state index is 12.6. The zero-order valence-corrected chi connectivity index (χ0v) is 11.3. The van der Waals surface area contributed by atoms with E-state index in [0.717, 1.165) is 24.9 Å². The second-order valence-corrected chi connectivity index (χ2v) is 5.23. The fourth-order valence-corrected chi connectivity index (χ4v) is 2.60. The summed E-state index contributed by atoms with van der Waals surface area (Å²) in [7, 11) is 0. The second kappa shape index (κ2) is 5.42. The number of anilines is 1. The summed E-state index contributed by atoms with van der Waals surface area (Å²) in [5, 5.41) is 0. The molecule has 0 aromatic heterocycles. The highest BCUT2D eigenvalue weighted by molar-refractivity contribution is 5.99. The van der Waals surface area contributed by atoms with Gasteiger partial charge in [0.1, 0.15) is 0 Å². The Morgan fingerprint density at radius 2 is 2.11 bits per heavy atom. The highest BCUT2D eigenvalue weighted by Gasteiger charge is 2.24. The average molecular weight is 246 g/mol. The molecule has 3 nitrogen and oxygen atoms in total. The number of para-hydroxylation sites is 1. The summed E-state index contributed by atoms with van der Waals surface area (Å²) >= 11 is 0. The molecule has 0 spiro atoms. The molecule has 1 aliphatic heterocycles. The zero-order valence-electron chi connectivity index (χ0n) is 11.3. The lowest BCUT2D eigenvalue weighted by molar-refractivity contribution is 0.0699. The number of likely N-dealkylation sites (tertiary alicyclic amines) is 1. The number of amides is 1. The van der Waals surface area contributed by atoms with Crippen molar-refractivity contribution in [2.75, 3.05) is 12.3 Å². The average Bonchev–Trinajstić information content (AvgIpc) is 2.57. The standard InChI is InChI=1S/C15H22N2O/c1-11-7-6-9-13(14(11)16)15(18)17-10-5-3-4-8-12(17)2/h6-7,9,12H,3-5,8,10,16H2,1-2H3. The second-order valence-electron chi connectivity index (χ2n) is 5.23. The molecule has 18 heavy (non-hydrogen) atoms. The third kappa shape index (κ3) is 2.50. The maximum Gasteiger partial charge on any atom is 0.256 e. The van der Waals surface area contributed by atoms with Crippen LogP contribution in [0.1, 0.15) is 48.5 Å². The van der Waals surface area contributed by atoms with Gasteiger partial charge in [-0.1, -0.05) is 25.0 Å². The first kappa shape index (κ1) is 12.9. The first-order valence-electron chi connectivity index (χ1n) is 6.77. The van der Waals surface area contributed by atoms with Gasteiger partial charge in [0.15, 0.2) is 0 Å². The van der Waals surface area contributed by atoms with Crippen molar-refractivity contribution < 1.29 is 4.79 Å². The Hall–Kier alpha value is -1.51. The largest absolute Gasteiger partial charge is 0.398 e. The van der Waals surface area contributed by atoms with Gasteiger partial charge in [0.2, 0.25) is 0 Å². The Labute approximate surface area is 109 Å². The number of nitrogens with two attached hydrogens (primary N) is 1. The van der Waals surface area contributed by atoms with E-state index >= 15 is 0 Å². The van der Waals surface area contributed by atoms with Crippen LogP contribution in [-0.4, -0.2) is 23.4 Å². The van der Waals surface area contributed by atoms with Crippen molar-refractivity contribution in [1.82, 2.24) is 4.90 Å². The molecule has 1 aliphatic rings. The molecule has 3 heteroatoms. The minimum atomic E-state index is 0.0885. The number of hydrogen-bond donors (Lipinski definition) is 1. The molecule has 1 atom stereocenters. The third-order valence-corrected chi connectivity index (χ3v) is 3.87. The Morgan fingerprint density at radius 3 is 2.89 bits per heavy atom. The number of nitrogen functional groups attached to an aromatic ring is 1. The van der Waals surface area contributed by atoms with E-state index in [-0.39, 0.29) is 5.91 Å². The van der Waals surface area contributed by atoms with E-state index in [1.165, 1.54) is 12.8 Å². The molecule has 0 bridgehead atoms. The van der Waals surface area contributed by atoms with E-state index < -0.39 is 0 Å². The first-order valence-corrected chi connectivity index (χ1v) is 6.77. The molecule has 0 aliphatic carbocycles. The van der Waals surface area contributed by atoms with Gasteiger partial charge >= 0.3 is 0 Å². The molecule has 1 amide bonds. The van der Waals surface area contributed by atoms with Crippen molar-refractivity contribution in [3.05, 3.63) is 29.3 Å². The predicted octanol–water partition coefficient (Wildman–Crippen LogP) is 2.98. The van der Waals surface area contributed by atoms with Crippen LogP contribution in [0, 0.1) is 6.92 Å². The Balaban J connectivity index is 2.26. The number of carbonyl (C=O) groups excluding carboxylic acids is 1. The number of hydrogen-bond acceptors (Lipinski definition) is 2. The summed E-state index contributed by atoms with van der Waals surface area (Å²) in [6.07, 6.45) is 4.63. The topological polar surface area (TPSA) is 46.3 Å². The first-order chi connectivity index (χ1) is 8.61. The summed E-state index contributed by atoms with van der Waals surface area (Å²) in [6, 6.07) is 6.00. The van der Waals surface area contributed by atoms with Gasteiger partial charge in [0.25, 0.3) is 5.91 Å². The molecule has 0 saturated carbocycles. The molecule has 1 saturated heterocycles. The van der Waals surface area contributed by atoms with E-state index in [4.69, 9.17) is 5.73 Å². The van der Waals surface area contributed by atoms with Gasteiger partial charge in [-0.3, -0.25) is 4.79 Å². The minimum absolute atomic E-state index is 0.0885. The number of aryl methyl sites for hydroxylation is 1. The van der Waals surface area contributed by atoms with Crippen molar-refractivity contribution in [2.24, 2.45) is 0 Å². The van der Waals surface area contributed by atoms with Gasteiger partial charge in [0.05, 0.1) is 5.56 Å². The van der Waals surface area contributed by atoms with Gasteiger partial charge in [0, 0.05) is 18.3 Å². The van der Waals surface area contributed by atoms with Crippen LogP contribution >= 0.6 is 0 Å². The Morgan fingerprint density at radius 1 is 1.33 bits per heavy atom. The lowest BCUT2D eigenvalue weighted by Crippen LogP contribution is -2.38. The van der Waals surface area contributed by atoms with Gasteiger partial charge in [-0.15, -0.1) is 0 Å². The molecule has 1 aromatic carbocycles. The van der Waals surface area contributed by atoms with Gasteiger partial charge in [-0.2, -0.15) is 0 Å². The van der Waals surface area contributed by atoms with Crippen LogP contribution < -0.4 is 5.73 Å². The molecule has 1 heterocycles. The normalized spacial score (nSPS) is 20.6. The fraction of sp³-hybridized carbons (Fsp3) is 0.533. The predicted molar refractivity (Wildman–Crippen MR) is 74.6 cm³/mol. The highest BCUT2D eigenvalue weighted by atomic mass is 16.2. The molecule has 2 N–H and O–H groups in total. The molecule has 1 unspecified atom stereocenters. The van der Waals surface area contributed by atoms with Crippen LogP contribution in [-0.2, 0) is 0 Å². The number of nitrogens with zero attached hydrogens (tertiary/aromatic N) is 1. The summed E-state index contributed by atoms with van der Waals surface area (Å²) in [4.78, 5) is 14.6. The van der Waals surface area contributed by atoms with Crippen LogP contribution in [0.5, 0.6) is 0 Å². The van der Waals surface area contributed by atoms with E-state index in [9.17, 15) is 4.79 Å². The molecular weight excluding hydrogens is 224 g/mol. The van der Waals surface area contributed by atoms with Crippen molar-refractivity contribution in [3.63, 3.8) is 0 Å². The van der Waals surface area contributed by atoms with E-state index in [1.54, 1.807) is 0 Å². The quantitative estimate of drug-likeness (QED) is 0.774. The van der Waals surface area contributed by atoms with Crippen LogP contribution in [0.4, 0.5) is 5.69 Å². The van der Waals surface area contributed by atoms with Crippen molar-refractivity contribution in [3.8, 4) is 0 Å². The molecule has 1 fully saturated rings. The Kier molecular flexibility index (Phi) is 3.90. The van der Waals surface area contributed by atoms with Gasteiger partial charge in [-0.25, -0.2) is 0 Å². The monoisotopic (exact) mass is 246 g/mol. The van der Waals surface area contributed by atoms with E-state index in [2.05, 4.69) is 6.92 Å². The molecule has 2 rings (SSSR count). The highest BCUT2D eigenvalue weighted by Crippen LogP contribution is 2.23. The van der Waals surface area contributed by atoms with Gasteiger partial charge in [-0.05, 0) is 38.3 Å². The van der Waals surface area contributed by atoms with E-state index in [1.807, 2.05) is 30.0 Å². The maximum atomic E-state index is 12.6. The SMILES string of the molecule is Cc1cccc(C(=O)N2CCCCCC2C)c1N. The molecule has 98 valence electrons. The van der Waals surface area contributed by atoms with Crippen molar-refractivity contribution in [2.45, 2.75) is 45.6 Å². The number of benzene rings is 1. The van der Waals surface area contributed by atoms with E-state index in [0.29, 0.717) is 17.3 Å². The summed E-state index contributed by atoms with van der Waals surface area (Å²) < 4.78 is 0. The number of rotatable bonds is 1. The summed E-state index contributed by atoms with van der Waals surface area (Å²) in [5.74, 6) is 0.0885. The van der Waals surface area contributed by atoms with Crippen molar-refractivity contribution in [1.29, 1.82) is 0 Å². The van der Waals surface area contributed by atoms with Gasteiger partial charge < -0.3 is 10.6 Å². The van der Waals surface area contributed by atoms with Crippen LogP contribution in [0.2, 0.25) is 0 Å². The summed E-state index contributed by atoms with van der Waals surface area (Å²) in [6.45, 7) is 4.93. The fourth-order valence-electron chi connectivity index (χ4n) is 2.60. The minimum Gasteiger partial charge on any atom is -0.398 e. The van der Waals surface area contributed by atoms with Crippen LogP contribution in [0.25, 0.3) is 0 Å². The smallest absolute Gasteiger partial charge is 0.256 e. The zero-order chi connectivity index (χ0) is 13.1. The molecule has 1 aromatic rings. The third-order valence-electron chi connectivity index (χ3n) is 3.87. The van der Waals surface area contributed by atoms with Crippen molar-refractivity contribution >= 4 is 11.6 Å². The van der Waals surface area contributed by atoms with Crippen LogP contribution in [0.3, 0.4) is 0 Å². The summed E-state index contributed by atoms with van der Waals surface area (Å²) in [5.41, 5.74) is 8.28. The lowest BCUT2D eigenvalue weighted by atomic mass is 10.1. The lowest BCUT2D eigenvalue weighted by Gasteiger charge is -2.28. The Bertz CT molecular complexity index is 442. The molecular formula is C15H22N2O. The molecule has 0 radical (unpaired) electrons.